The number of aromatic nitrogens is 2. The topological polar surface area (TPSA) is 85.2 Å². The van der Waals surface area contributed by atoms with Crippen molar-refractivity contribution in [1.29, 1.82) is 0 Å². The second-order valence-electron chi connectivity index (χ2n) is 7.10. The predicted molar refractivity (Wildman–Crippen MR) is 120 cm³/mol. The predicted octanol–water partition coefficient (Wildman–Crippen LogP) is 3.47. The zero-order valence-corrected chi connectivity index (χ0v) is 17.2. The first-order valence-electron chi connectivity index (χ1n) is 9.77. The molecule has 0 radical (unpaired) electrons. The minimum Gasteiger partial charge on any atom is -0.494 e. The van der Waals surface area contributed by atoms with E-state index in [1.165, 1.54) is 11.3 Å². The van der Waals surface area contributed by atoms with E-state index in [4.69, 9.17) is 4.74 Å². The molecule has 0 fully saturated rings. The average molecular weight is 423 g/mol. The number of thiazole rings is 1. The molecule has 2 aromatic carbocycles. The molecule has 0 spiro atoms. The third kappa shape index (κ3) is 3.05. The van der Waals surface area contributed by atoms with Gasteiger partial charge >= 0.3 is 0 Å². The monoisotopic (exact) mass is 422 g/mol. The molecule has 5 rings (SSSR count). The second-order valence-corrected chi connectivity index (χ2v) is 8.13. The number of Topliss-reactive ketones (excluding diaryl/α,β-unsaturated/α-hetero) is 1. The highest BCUT2D eigenvalue weighted by molar-refractivity contribution is 7.22. The first kappa shape index (κ1) is 18.8. The third-order valence-electron chi connectivity index (χ3n) is 5.38. The van der Waals surface area contributed by atoms with Crippen LogP contribution in [0.3, 0.4) is 0 Å². The molecular weight excluding hydrogens is 400 g/mol. The number of rotatable bonds is 4. The number of carbonyl (C=O) groups is 2. The fraction of sp³-hybridized carbons (Fsp3) is 0.227. The first-order chi connectivity index (χ1) is 14.7. The number of methoxy groups -OCH3 is 1. The van der Waals surface area contributed by atoms with E-state index in [-0.39, 0.29) is 1.43 Å². The standard InChI is InChI=1S/C22H20N4O3S.H2/c1-29-16-7-4-8-17-19(16)24-22(30-17)25-21(28)20(27)18-13-5-2-3-6-14(13)26-12-11-23-10-9-15(18)26;/h2-8,23H,9-12H2,1H3,(H,24,25,28);1H. The summed E-state index contributed by atoms with van der Waals surface area (Å²) in [4.78, 5) is 30.6. The minimum atomic E-state index is -0.676. The summed E-state index contributed by atoms with van der Waals surface area (Å²) in [6, 6.07) is 13.3. The van der Waals surface area contributed by atoms with Crippen LogP contribution >= 0.6 is 11.3 Å². The van der Waals surface area contributed by atoms with Crippen molar-refractivity contribution in [2.24, 2.45) is 0 Å². The Morgan fingerprint density at radius 1 is 1.20 bits per heavy atom. The Kier molecular flexibility index (Phi) is 4.72. The van der Waals surface area contributed by atoms with E-state index < -0.39 is 11.7 Å². The van der Waals surface area contributed by atoms with Crippen molar-refractivity contribution >= 4 is 49.3 Å². The van der Waals surface area contributed by atoms with Crippen LogP contribution in [0.4, 0.5) is 5.13 Å². The molecular formula is C22H22N4O3S. The summed E-state index contributed by atoms with van der Waals surface area (Å²) >= 11 is 1.32. The number of ketones is 1. The van der Waals surface area contributed by atoms with Gasteiger partial charge in [-0.15, -0.1) is 0 Å². The molecule has 1 amide bonds. The molecule has 7 nitrogen and oxygen atoms in total. The lowest BCUT2D eigenvalue weighted by Crippen LogP contribution is -2.24. The van der Waals surface area contributed by atoms with Crippen LogP contribution in [0.25, 0.3) is 21.1 Å². The number of fused-ring (bicyclic) bond motifs is 4. The smallest absolute Gasteiger partial charge is 0.298 e. The summed E-state index contributed by atoms with van der Waals surface area (Å²) < 4.78 is 8.36. The van der Waals surface area contributed by atoms with Gasteiger partial charge in [0.25, 0.3) is 11.7 Å². The lowest BCUT2D eigenvalue weighted by Gasteiger charge is -2.06. The lowest BCUT2D eigenvalue weighted by molar-refractivity contribution is -0.112. The van der Waals surface area contributed by atoms with Crippen LogP contribution in [0.1, 0.15) is 17.5 Å². The van der Waals surface area contributed by atoms with Gasteiger partial charge in [0.05, 0.1) is 17.4 Å². The molecule has 0 aliphatic carbocycles. The Balaban J connectivity index is 0.00000231. The van der Waals surface area contributed by atoms with Gasteiger partial charge in [-0.05, 0) is 18.2 Å². The molecule has 154 valence electrons. The number of carbonyl (C=O) groups excluding carboxylic acids is 2. The summed E-state index contributed by atoms with van der Waals surface area (Å²) in [5, 5.41) is 7.25. The van der Waals surface area contributed by atoms with Crippen molar-refractivity contribution in [1.82, 2.24) is 14.9 Å². The summed E-state index contributed by atoms with van der Waals surface area (Å²) in [5.74, 6) is -0.579. The van der Waals surface area contributed by atoms with Crippen LogP contribution in [-0.2, 0) is 17.8 Å². The number of benzene rings is 2. The Labute approximate surface area is 178 Å². The van der Waals surface area contributed by atoms with Crippen molar-refractivity contribution in [2.45, 2.75) is 13.0 Å². The van der Waals surface area contributed by atoms with E-state index in [1.54, 1.807) is 7.11 Å². The first-order valence-corrected chi connectivity index (χ1v) is 10.6. The van der Waals surface area contributed by atoms with E-state index in [1.807, 2.05) is 42.5 Å². The molecule has 0 bridgehead atoms. The minimum absolute atomic E-state index is 0. The van der Waals surface area contributed by atoms with Crippen LogP contribution in [0, 0.1) is 0 Å². The molecule has 30 heavy (non-hydrogen) atoms. The van der Waals surface area contributed by atoms with E-state index in [2.05, 4.69) is 20.2 Å². The maximum absolute atomic E-state index is 13.3. The highest BCUT2D eigenvalue weighted by Crippen LogP contribution is 2.33. The number of anilines is 1. The third-order valence-corrected chi connectivity index (χ3v) is 6.32. The number of ether oxygens (including phenoxy) is 1. The van der Waals surface area contributed by atoms with Crippen LogP contribution in [0.15, 0.2) is 42.5 Å². The molecule has 0 unspecified atom stereocenters. The maximum atomic E-state index is 13.3. The Morgan fingerprint density at radius 2 is 2.07 bits per heavy atom. The molecule has 0 atom stereocenters. The van der Waals surface area contributed by atoms with E-state index >= 15 is 0 Å². The highest BCUT2D eigenvalue weighted by atomic mass is 32.1. The van der Waals surface area contributed by atoms with E-state index in [0.29, 0.717) is 28.4 Å². The zero-order chi connectivity index (χ0) is 20.7. The van der Waals surface area contributed by atoms with Gasteiger partial charge < -0.3 is 14.6 Å². The van der Waals surface area contributed by atoms with Crippen molar-refractivity contribution in [3.63, 3.8) is 0 Å². The van der Waals surface area contributed by atoms with Gasteiger partial charge in [0.1, 0.15) is 11.3 Å². The van der Waals surface area contributed by atoms with Crippen molar-refractivity contribution in [2.75, 3.05) is 25.5 Å². The van der Waals surface area contributed by atoms with Gasteiger partial charge in [-0.3, -0.25) is 14.9 Å². The van der Waals surface area contributed by atoms with Crippen molar-refractivity contribution in [3.05, 3.63) is 53.7 Å². The lowest BCUT2D eigenvalue weighted by atomic mass is 10.0. The average Bonchev–Trinajstić information content (AvgIpc) is 3.21. The van der Waals surface area contributed by atoms with Gasteiger partial charge in [-0.2, -0.15) is 0 Å². The molecule has 3 heterocycles. The van der Waals surface area contributed by atoms with E-state index in [0.717, 1.165) is 40.9 Å². The molecule has 0 saturated heterocycles. The van der Waals surface area contributed by atoms with E-state index in [9.17, 15) is 9.59 Å². The molecule has 2 N–H and O–H groups in total. The summed E-state index contributed by atoms with van der Waals surface area (Å²) in [6.07, 6.45) is 0.696. The van der Waals surface area contributed by atoms with Gasteiger partial charge in [-0.1, -0.05) is 35.6 Å². The molecule has 8 heteroatoms. The molecule has 0 saturated carbocycles. The SMILES string of the molecule is COc1cccc2sc(NC(=O)C(=O)c3c4n(c5ccccc35)CCNCC4)nc12.[HH]. The number of nitrogens with one attached hydrogen (secondary N) is 2. The Bertz CT molecular complexity index is 1300. The summed E-state index contributed by atoms with van der Waals surface area (Å²) in [5.41, 5.74) is 3.05. The van der Waals surface area contributed by atoms with Crippen molar-refractivity contribution in [3.8, 4) is 5.75 Å². The number of amides is 1. The largest absolute Gasteiger partial charge is 0.494 e. The summed E-state index contributed by atoms with van der Waals surface area (Å²) in [7, 11) is 1.58. The van der Waals surface area contributed by atoms with Crippen molar-refractivity contribution < 1.29 is 15.8 Å². The molecule has 1 aliphatic rings. The van der Waals surface area contributed by atoms with Crippen LogP contribution in [0.2, 0.25) is 0 Å². The van der Waals surface area contributed by atoms with Gasteiger partial charge in [0.2, 0.25) is 0 Å². The van der Waals surface area contributed by atoms with Crippen LogP contribution < -0.4 is 15.4 Å². The van der Waals surface area contributed by atoms with Gasteiger partial charge in [-0.25, -0.2) is 4.98 Å². The molecule has 4 aromatic rings. The van der Waals surface area contributed by atoms with Gasteiger partial charge in [0.15, 0.2) is 5.13 Å². The van der Waals surface area contributed by atoms with Crippen LogP contribution in [-0.4, -0.2) is 41.4 Å². The number of hydrogen-bond acceptors (Lipinski definition) is 6. The fourth-order valence-corrected chi connectivity index (χ4v) is 4.93. The second kappa shape index (κ2) is 7.55. The number of hydrogen-bond donors (Lipinski definition) is 2. The Hall–Kier alpha value is -3.23. The fourth-order valence-electron chi connectivity index (χ4n) is 4.06. The number of para-hydroxylation sites is 2. The Morgan fingerprint density at radius 3 is 2.93 bits per heavy atom. The molecule has 2 aromatic heterocycles. The summed E-state index contributed by atoms with van der Waals surface area (Å²) in [6.45, 7) is 2.37. The quantitative estimate of drug-likeness (QED) is 0.389. The normalized spacial score (nSPS) is 13.8. The highest BCUT2D eigenvalue weighted by Gasteiger charge is 2.28. The van der Waals surface area contributed by atoms with Gasteiger partial charge in [0, 0.05) is 44.1 Å². The zero-order valence-electron chi connectivity index (χ0n) is 16.4. The molecule has 1 aliphatic heterocycles. The number of nitrogens with zero attached hydrogens (tertiary/aromatic N) is 2. The van der Waals surface area contributed by atoms with Crippen LogP contribution in [0.5, 0.6) is 5.75 Å². The maximum Gasteiger partial charge on any atom is 0.298 e.